The van der Waals surface area contributed by atoms with Crippen LogP contribution in [0.1, 0.15) is 55.8 Å². The first kappa shape index (κ1) is 14.5. The number of hydrogen-bond donors (Lipinski definition) is 1. The first-order valence-electron chi connectivity index (χ1n) is 7.54. The van der Waals surface area contributed by atoms with Crippen molar-refractivity contribution in [3.8, 4) is 0 Å². The van der Waals surface area contributed by atoms with Gasteiger partial charge in [0.25, 0.3) is 0 Å². The molecule has 0 spiro atoms. The van der Waals surface area contributed by atoms with Crippen LogP contribution in [0, 0.1) is 31.5 Å². The van der Waals surface area contributed by atoms with Crippen LogP contribution in [0.25, 0.3) is 0 Å². The van der Waals surface area contributed by atoms with E-state index in [0.717, 1.165) is 23.6 Å². The summed E-state index contributed by atoms with van der Waals surface area (Å²) in [6, 6.07) is 4.43. The Labute approximate surface area is 116 Å². The molecule has 1 aromatic rings. The van der Waals surface area contributed by atoms with Crippen LogP contribution in [-0.2, 0) is 0 Å². The van der Waals surface area contributed by atoms with Gasteiger partial charge in [-0.3, -0.25) is 0 Å². The molecule has 0 saturated heterocycles. The molecule has 2 heteroatoms. The molecule has 0 heterocycles. The smallest absolute Gasteiger partial charge is 0.129 e. The lowest BCUT2D eigenvalue weighted by Gasteiger charge is -2.29. The van der Waals surface area contributed by atoms with Gasteiger partial charge < -0.3 is 5.32 Å². The standard InChI is InChI=1S/C17H26FN/c1-5-19-17(15-8-6-7-11(15)2)14-9-12(3)16(18)13(4)10-14/h9-11,15,17,19H,5-8H2,1-4H3. The predicted octanol–water partition coefficient (Wildman–Crippen LogP) is 4.53. The number of benzene rings is 1. The van der Waals surface area contributed by atoms with Gasteiger partial charge in [0, 0.05) is 6.04 Å². The van der Waals surface area contributed by atoms with Gasteiger partial charge >= 0.3 is 0 Å². The zero-order valence-corrected chi connectivity index (χ0v) is 12.6. The van der Waals surface area contributed by atoms with Crippen LogP contribution in [-0.4, -0.2) is 6.54 Å². The van der Waals surface area contributed by atoms with E-state index < -0.39 is 0 Å². The van der Waals surface area contributed by atoms with Gasteiger partial charge in [0.1, 0.15) is 5.82 Å². The Morgan fingerprint density at radius 1 is 1.26 bits per heavy atom. The fourth-order valence-electron chi connectivity index (χ4n) is 3.56. The topological polar surface area (TPSA) is 12.0 Å². The van der Waals surface area contributed by atoms with Crippen molar-refractivity contribution >= 4 is 0 Å². The Kier molecular flexibility index (Phi) is 4.62. The molecule has 3 atom stereocenters. The van der Waals surface area contributed by atoms with Gasteiger partial charge in [-0.05, 0) is 55.3 Å². The fourth-order valence-corrected chi connectivity index (χ4v) is 3.56. The van der Waals surface area contributed by atoms with E-state index in [-0.39, 0.29) is 5.82 Å². The Morgan fingerprint density at radius 2 is 1.89 bits per heavy atom. The molecule has 1 aliphatic carbocycles. The average Bonchev–Trinajstić information content (AvgIpc) is 2.78. The quantitative estimate of drug-likeness (QED) is 0.841. The van der Waals surface area contributed by atoms with E-state index in [1.807, 2.05) is 26.0 Å². The van der Waals surface area contributed by atoms with Gasteiger partial charge in [-0.1, -0.05) is 38.8 Å². The molecule has 1 nitrogen and oxygen atoms in total. The second-order valence-corrected chi connectivity index (χ2v) is 6.08. The van der Waals surface area contributed by atoms with Crippen molar-refractivity contribution in [3.63, 3.8) is 0 Å². The first-order chi connectivity index (χ1) is 9.04. The Bertz CT molecular complexity index is 418. The van der Waals surface area contributed by atoms with Crippen LogP contribution in [0.5, 0.6) is 0 Å². The maximum atomic E-state index is 13.8. The number of hydrogen-bond acceptors (Lipinski definition) is 1. The highest BCUT2D eigenvalue weighted by atomic mass is 19.1. The molecule has 106 valence electrons. The van der Waals surface area contributed by atoms with Crippen LogP contribution in [0.2, 0.25) is 0 Å². The molecule has 1 saturated carbocycles. The van der Waals surface area contributed by atoms with Crippen molar-refractivity contribution in [1.29, 1.82) is 0 Å². The molecule has 1 aromatic carbocycles. The van der Waals surface area contributed by atoms with E-state index >= 15 is 0 Å². The van der Waals surface area contributed by atoms with Crippen molar-refractivity contribution in [2.24, 2.45) is 11.8 Å². The average molecular weight is 263 g/mol. The summed E-state index contributed by atoms with van der Waals surface area (Å²) in [5, 5.41) is 3.62. The fraction of sp³-hybridized carbons (Fsp3) is 0.647. The molecule has 3 unspecified atom stereocenters. The minimum Gasteiger partial charge on any atom is -0.310 e. The van der Waals surface area contributed by atoms with E-state index in [4.69, 9.17) is 0 Å². The Balaban J connectivity index is 2.33. The maximum Gasteiger partial charge on any atom is 0.129 e. The summed E-state index contributed by atoms with van der Waals surface area (Å²) in [4.78, 5) is 0. The normalized spacial score (nSPS) is 24.7. The number of halogens is 1. The van der Waals surface area contributed by atoms with Crippen LogP contribution in [0.4, 0.5) is 4.39 Å². The van der Waals surface area contributed by atoms with E-state index in [0.29, 0.717) is 12.0 Å². The molecule has 0 bridgehead atoms. The highest BCUT2D eigenvalue weighted by molar-refractivity contribution is 5.33. The van der Waals surface area contributed by atoms with Gasteiger partial charge in [-0.15, -0.1) is 0 Å². The second-order valence-electron chi connectivity index (χ2n) is 6.08. The molecule has 1 fully saturated rings. The molecule has 0 radical (unpaired) electrons. The van der Waals surface area contributed by atoms with Crippen LogP contribution >= 0.6 is 0 Å². The largest absolute Gasteiger partial charge is 0.310 e. The van der Waals surface area contributed by atoms with Crippen molar-refractivity contribution in [2.45, 2.75) is 53.0 Å². The van der Waals surface area contributed by atoms with E-state index in [2.05, 4.69) is 19.2 Å². The number of nitrogens with one attached hydrogen (secondary N) is 1. The highest BCUT2D eigenvalue weighted by Crippen LogP contribution is 2.40. The molecule has 0 aromatic heterocycles. The molecule has 1 aliphatic rings. The van der Waals surface area contributed by atoms with Gasteiger partial charge in [0.15, 0.2) is 0 Å². The summed E-state index contributed by atoms with van der Waals surface area (Å²) in [7, 11) is 0. The first-order valence-corrected chi connectivity index (χ1v) is 7.54. The summed E-state index contributed by atoms with van der Waals surface area (Å²) in [6.45, 7) is 9.20. The van der Waals surface area contributed by atoms with Crippen molar-refractivity contribution in [1.82, 2.24) is 5.32 Å². The summed E-state index contributed by atoms with van der Waals surface area (Å²) < 4.78 is 13.8. The van der Waals surface area contributed by atoms with E-state index in [9.17, 15) is 4.39 Å². The number of aryl methyl sites for hydroxylation is 2. The Hall–Kier alpha value is -0.890. The summed E-state index contributed by atoms with van der Waals surface area (Å²) in [5.41, 5.74) is 2.80. The lowest BCUT2D eigenvalue weighted by Crippen LogP contribution is -2.29. The summed E-state index contributed by atoms with van der Waals surface area (Å²) in [5.74, 6) is 1.39. The van der Waals surface area contributed by atoms with Gasteiger partial charge in [0.05, 0.1) is 0 Å². The second kappa shape index (κ2) is 6.04. The van der Waals surface area contributed by atoms with Gasteiger partial charge in [0.2, 0.25) is 0 Å². The van der Waals surface area contributed by atoms with Crippen LogP contribution < -0.4 is 5.32 Å². The third-order valence-corrected chi connectivity index (χ3v) is 4.60. The molecule has 19 heavy (non-hydrogen) atoms. The van der Waals surface area contributed by atoms with Gasteiger partial charge in [-0.25, -0.2) is 4.39 Å². The number of rotatable bonds is 4. The van der Waals surface area contributed by atoms with Gasteiger partial charge in [-0.2, -0.15) is 0 Å². The molecular formula is C17H26FN. The molecule has 0 aliphatic heterocycles. The monoisotopic (exact) mass is 263 g/mol. The summed E-state index contributed by atoms with van der Waals surface area (Å²) in [6.07, 6.45) is 3.94. The molecule has 1 N–H and O–H groups in total. The third kappa shape index (κ3) is 3.00. The maximum absolute atomic E-state index is 13.8. The minimum atomic E-state index is -0.0570. The van der Waals surface area contributed by atoms with Crippen LogP contribution in [0.15, 0.2) is 12.1 Å². The zero-order chi connectivity index (χ0) is 14.0. The zero-order valence-electron chi connectivity index (χ0n) is 12.6. The third-order valence-electron chi connectivity index (χ3n) is 4.60. The van der Waals surface area contributed by atoms with Crippen molar-refractivity contribution in [2.75, 3.05) is 6.54 Å². The predicted molar refractivity (Wildman–Crippen MR) is 78.8 cm³/mol. The van der Waals surface area contributed by atoms with Crippen molar-refractivity contribution < 1.29 is 4.39 Å². The molecular weight excluding hydrogens is 237 g/mol. The SMILES string of the molecule is CCNC(c1cc(C)c(F)c(C)c1)C1CCCC1C. The lowest BCUT2D eigenvalue weighted by atomic mass is 9.85. The molecule has 2 rings (SSSR count). The van der Waals surface area contributed by atoms with Crippen LogP contribution in [0.3, 0.4) is 0 Å². The minimum absolute atomic E-state index is 0.0570. The highest BCUT2D eigenvalue weighted by Gasteiger charge is 2.31. The van der Waals surface area contributed by atoms with Crippen molar-refractivity contribution in [3.05, 3.63) is 34.6 Å². The van der Waals surface area contributed by atoms with E-state index in [1.54, 1.807) is 0 Å². The molecule has 0 amide bonds. The lowest BCUT2D eigenvalue weighted by molar-refractivity contribution is 0.305. The van der Waals surface area contributed by atoms with E-state index in [1.165, 1.54) is 24.8 Å². The Morgan fingerprint density at radius 3 is 2.37 bits per heavy atom. The summed E-state index contributed by atoms with van der Waals surface area (Å²) >= 11 is 0.